The van der Waals surface area contributed by atoms with Gasteiger partial charge in [-0.3, -0.25) is 19.7 Å². The third-order valence-corrected chi connectivity index (χ3v) is 9.43. The zero-order valence-corrected chi connectivity index (χ0v) is 27.7. The van der Waals surface area contributed by atoms with Gasteiger partial charge in [0, 0.05) is 50.5 Å². The molecule has 2 aliphatic rings. The predicted octanol–water partition coefficient (Wildman–Crippen LogP) is 6.50. The Hall–Kier alpha value is -3.86. The van der Waals surface area contributed by atoms with Crippen LogP contribution < -0.4 is 10.8 Å². The van der Waals surface area contributed by atoms with Gasteiger partial charge >= 0.3 is 0 Å². The number of carbonyl (C=O) groups is 2. The van der Waals surface area contributed by atoms with Crippen LogP contribution in [0, 0.1) is 0 Å². The number of hydrogen-bond donors (Lipinski definition) is 4. The molecular weight excluding hydrogens is 606 g/mol. The van der Waals surface area contributed by atoms with Crippen LogP contribution in [0.15, 0.2) is 85.5 Å². The van der Waals surface area contributed by atoms with E-state index in [1.165, 1.54) is 25.7 Å². The van der Waals surface area contributed by atoms with E-state index in [9.17, 15) is 14.7 Å². The third kappa shape index (κ3) is 9.84. The monoisotopic (exact) mass is 655 g/mol. The van der Waals surface area contributed by atoms with Crippen LogP contribution in [0.1, 0.15) is 92.4 Å². The van der Waals surface area contributed by atoms with Crippen LogP contribution >= 0.6 is 0 Å². The van der Waals surface area contributed by atoms with Gasteiger partial charge in [0.1, 0.15) is 0 Å². The van der Waals surface area contributed by atoms with Gasteiger partial charge in [-0.05, 0) is 53.5 Å². The van der Waals surface area contributed by atoms with Gasteiger partial charge in [-0.25, -0.2) is 5.48 Å². The Bertz CT molecular complexity index is 1470. The van der Waals surface area contributed by atoms with Gasteiger partial charge in [-0.1, -0.05) is 91.7 Å². The van der Waals surface area contributed by atoms with Crippen molar-refractivity contribution in [1.82, 2.24) is 15.7 Å². The van der Waals surface area contributed by atoms with Crippen molar-refractivity contribution in [3.63, 3.8) is 0 Å². The van der Waals surface area contributed by atoms with Crippen molar-refractivity contribution in [1.29, 1.82) is 0 Å². The molecule has 1 saturated heterocycles. The molecule has 3 atom stereocenters. The van der Waals surface area contributed by atoms with Crippen molar-refractivity contribution in [3.8, 4) is 11.1 Å². The summed E-state index contributed by atoms with van der Waals surface area (Å²) in [4.78, 5) is 26.2. The first-order valence-corrected chi connectivity index (χ1v) is 17.2. The fourth-order valence-electron chi connectivity index (χ4n) is 6.79. The molecule has 3 aromatic rings. The van der Waals surface area contributed by atoms with Gasteiger partial charge in [0.2, 0.25) is 11.8 Å². The number of aliphatic hydroxyl groups excluding tert-OH is 1. The van der Waals surface area contributed by atoms with Crippen LogP contribution in [0.4, 0.5) is 0 Å². The van der Waals surface area contributed by atoms with Crippen LogP contribution in [0.25, 0.3) is 11.1 Å². The lowest BCUT2D eigenvalue weighted by molar-refractivity contribution is -0.253. The number of amides is 2. The fourth-order valence-corrected chi connectivity index (χ4v) is 6.79. The van der Waals surface area contributed by atoms with Crippen molar-refractivity contribution in [3.05, 3.63) is 108 Å². The molecule has 256 valence electrons. The molecular formula is C39H49N3O6. The number of nitrogens with zero attached hydrogens (tertiary/aromatic N) is 1. The number of rotatable bonds is 16. The lowest BCUT2D eigenvalue weighted by atomic mass is 9.97. The van der Waals surface area contributed by atoms with Crippen molar-refractivity contribution in [2.75, 3.05) is 13.1 Å². The Morgan fingerprint density at radius 3 is 2.27 bits per heavy atom. The largest absolute Gasteiger partial charge is 0.392 e. The van der Waals surface area contributed by atoms with Gasteiger partial charge in [-0.2, -0.15) is 0 Å². The Balaban J connectivity index is 1.28. The number of hydroxylamine groups is 1. The first-order chi connectivity index (χ1) is 23.5. The average Bonchev–Trinajstić information content (AvgIpc) is 3.68. The summed E-state index contributed by atoms with van der Waals surface area (Å²) in [7, 11) is 0. The van der Waals surface area contributed by atoms with Gasteiger partial charge in [0.25, 0.3) is 0 Å². The maximum absolute atomic E-state index is 12.5. The van der Waals surface area contributed by atoms with Crippen molar-refractivity contribution in [2.24, 2.45) is 0 Å². The molecule has 2 amide bonds. The number of aliphatic hydroxyl groups is 1. The van der Waals surface area contributed by atoms with Crippen molar-refractivity contribution >= 4 is 11.8 Å². The highest BCUT2D eigenvalue weighted by Crippen LogP contribution is 2.39. The molecule has 48 heavy (non-hydrogen) atoms. The van der Waals surface area contributed by atoms with E-state index < -0.39 is 12.2 Å². The summed E-state index contributed by atoms with van der Waals surface area (Å²) in [6.45, 7) is 6.07. The first kappa shape index (κ1) is 35.4. The molecule has 2 fully saturated rings. The van der Waals surface area contributed by atoms with Crippen LogP contribution in [-0.2, 0) is 32.2 Å². The van der Waals surface area contributed by atoms with Crippen LogP contribution in [0.5, 0.6) is 0 Å². The van der Waals surface area contributed by atoms with E-state index in [1.54, 1.807) is 5.48 Å². The first-order valence-electron chi connectivity index (χ1n) is 17.2. The quantitative estimate of drug-likeness (QED) is 0.0602. The number of carbonyl (C=O) groups excluding carboxylic acids is 2. The third-order valence-electron chi connectivity index (χ3n) is 9.43. The average molecular weight is 656 g/mol. The minimum absolute atomic E-state index is 0.00725. The predicted molar refractivity (Wildman–Crippen MR) is 185 cm³/mol. The molecule has 1 heterocycles. The molecule has 4 N–H and O–H groups in total. The molecule has 9 nitrogen and oxygen atoms in total. The van der Waals surface area contributed by atoms with Gasteiger partial charge in [0.05, 0.1) is 18.8 Å². The maximum Gasteiger partial charge on any atom is 0.243 e. The summed E-state index contributed by atoms with van der Waals surface area (Å²) < 4.78 is 13.3. The normalized spacial score (nSPS) is 19.7. The fraction of sp³-hybridized carbons (Fsp3) is 0.436. The molecule has 0 unspecified atom stereocenters. The summed E-state index contributed by atoms with van der Waals surface area (Å²) in [6, 6.07) is 24.8. The van der Waals surface area contributed by atoms with E-state index >= 15 is 0 Å². The van der Waals surface area contributed by atoms with Gasteiger partial charge in [-0.15, -0.1) is 6.58 Å². The molecule has 3 aromatic carbocycles. The minimum atomic E-state index is -0.535. The molecule has 0 spiro atoms. The number of nitrogens with one attached hydrogen (secondary N) is 2. The Kier molecular flexibility index (Phi) is 13.3. The topological polar surface area (TPSA) is 120 Å². The standard InChI is InChI=1S/C39H49N3O6/c1-2-23-42(33-10-4-5-11-33)26-34-24-36(30-17-15-28(27-43)16-18-30)48-39(47-34)31-21-19-29(20-22-31)35-12-6-3-9-32(35)25-40-37(44)13-7-8-14-38(45)41-46/h2-3,6,9,12,15-22,33-34,36,39,43,46H,1,4-5,7-8,10-11,13-14,23-27H2,(H,40,44)(H,41,45)/t34-,36+,39+/m1/s1. The molecule has 0 radical (unpaired) electrons. The summed E-state index contributed by atoms with van der Waals surface area (Å²) in [5, 5.41) is 21.2. The molecule has 1 aliphatic heterocycles. The number of ether oxygens (including phenoxy) is 2. The minimum Gasteiger partial charge on any atom is -0.392 e. The maximum atomic E-state index is 12.5. The number of unbranched alkanes of at least 4 members (excludes halogenated alkanes) is 1. The molecule has 0 bridgehead atoms. The smallest absolute Gasteiger partial charge is 0.243 e. The molecule has 1 aliphatic carbocycles. The zero-order valence-electron chi connectivity index (χ0n) is 27.7. The van der Waals surface area contributed by atoms with E-state index in [0.29, 0.717) is 31.8 Å². The summed E-state index contributed by atoms with van der Waals surface area (Å²) >= 11 is 0. The van der Waals surface area contributed by atoms with E-state index in [1.807, 2.05) is 48.5 Å². The Morgan fingerprint density at radius 2 is 1.58 bits per heavy atom. The van der Waals surface area contributed by atoms with Crippen molar-refractivity contribution < 1.29 is 29.4 Å². The van der Waals surface area contributed by atoms with Crippen LogP contribution in [0.3, 0.4) is 0 Å². The number of hydrogen-bond acceptors (Lipinski definition) is 7. The van der Waals surface area contributed by atoms with E-state index in [4.69, 9.17) is 14.7 Å². The van der Waals surface area contributed by atoms with Crippen molar-refractivity contribution in [2.45, 2.75) is 95.5 Å². The van der Waals surface area contributed by atoms with E-state index in [0.717, 1.165) is 52.9 Å². The van der Waals surface area contributed by atoms with E-state index in [-0.39, 0.29) is 31.1 Å². The highest BCUT2D eigenvalue weighted by molar-refractivity contribution is 5.77. The van der Waals surface area contributed by atoms with Gasteiger partial charge in [0.15, 0.2) is 6.29 Å². The highest BCUT2D eigenvalue weighted by atomic mass is 16.7. The zero-order chi connectivity index (χ0) is 33.7. The highest BCUT2D eigenvalue weighted by Gasteiger charge is 2.34. The second kappa shape index (κ2) is 18.1. The van der Waals surface area contributed by atoms with Gasteiger partial charge < -0.3 is 19.9 Å². The second-order valence-corrected chi connectivity index (χ2v) is 12.8. The lowest BCUT2D eigenvalue weighted by Crippen LogP contribution is -2.43. The van der Waals surface area contributed by atoms with Crippen LogP contribution in [-0.4, -0.2) is 52.3 Å². The van der Waals surface area contributed by atoms with E-state index in [2.05, 4.69) is 47.1 Å². The summed E-state index contributed by atoms with van der Waals surface area (Å²) in [5.41, 5.74) is 7.57. The molecule has 9 heteroatoms. The molecule has 1 saturated carbocycles. The Labute approximate surface area is 283 Å². The molecule has 0 aromatic heterocycles. The Morgan fingerprint density at radius 1 is 0.896 bits per heavy atom. The summed E-state index contributed by atoms with van der Waals surface area (Å²) in [5.74, 6) is -0.523. The SMILES string of the molecule is C=CCN(C[C@H]1C[C@@H](c2ccc(CO)cc2)O[C@@H](c2ccc(-c3ccccc3CNC(=O)CCCCC(=O)NO)cc2)O1)C1CCCC1. The van der Waals surface area contributed by atoms with Crippen LogP contribution in [0.2, 0.25) is 0 Å². The lowest BCUT2D eigenvalue weighted by Gasteiger charge is -2.39. The summed E-state index contributed by atoms with van der Waals surface area (Å²) in [6.07, 6.45) is 8.59. The second-order valence-electron chi connectivity index (χ2n) is 12.8. The molecule has 5 rings (SSSR count). The number of benzene rings is 3.